The summed E-state index contributed by atoms with van der Waals surface area (Å²) in [5.74, 6) is 0.643. The molecule has 13 heteroatoms. The number of piperidine rings is 1. The second-order valence-corrected chi connectivity index (χ2v) is 16.1. The maximum Gasteiger partial charge on any atom is 0.243 e. The Morgan fingerprint density at radius 1 is 0.923 bits per heavy atom. The molecule has 52 heavy (non-hydrogen) atoms. The van der Waals surface area contributed by atoms with E-state index < -0.39 is 15.8 Å². The number of pyridine rings is 1. The van der Waals surface area contributed by atoms with Gasteiger partial charge in [-0.1, -0.05) is 23.8 Å². The summed E-state index contributed by atoms with van der Waals surface area (Å²) < 4.78 is 61.2. The van der Waals surface area contributed by atoms with Crippen LogP contribution in [-0.4, -0.2) is 78.7 Å². The Bertz CT molecular complexity index is 2250. The zero-order chi connectivity index (χ0) is 36.2. The molecule has 0 radical (unpaired) electrons. The summed E-state index contributed by atoms with van der Waals surface area (Å²) >= 11 is 0. The number of hydrogen-bond donors (Lipinski definition) is 0. The lowest BCUT2D eigenvalue weighted by Crippen LogP contribution is -2.65. The minimum Gasteiger partial charge on any atom is -0.494 e. The quantitative estimate of drug-likeness (QED) is 0.167. The van der Waals surface area contributed by atoms with E-state index in [-0.39, 0.29) is 34.8 Å². The van der Waals surface area contributed by atoms with Gasteiger partial charge in [-0.25, -0.2) is 8.42 Å². The second-order valence-electron chi connectivity index (χ2n) is 14.2. The highest BCUT2D eigenvalue weighted by Gasteiger charge is 2.57. The summed E-state index contributed by atoms with van der Waals surface area (Å²) in [4.78, 5) is 20.5. The number of benzene rings is 3. The molecule has 5 aromatic rings. The Morgan fingerprint density at radius 2 is 1.63 bits per heavy atom. The molecule has 0 N–H and O–H groups in total. The van der Waals surface area contributed by atoms with E-state index in [4.69, 9.17) is 19.3 Å². The van der Waals surface area contributed by atoms with Crippen LogP contribution >= 0.6 is 0 Å². The smallest absolute Gasteiger partial charge is 0.243 e. The van der Waals surface area contributed by atoms with E-state index in [1.165, 1.54) is 13.2 Å². The van der Waals surface area contributed by atoms with Gasteiger partial charge in [-0.2, -0.15) is 13.8 Å². The Balaban J connectivity index is 0.969. The average Bonchev–Trinajstić information content (AvgIpc) is 3.52. The molecule has 3 fully saturated rings. The van der Waals surface area contributed by atoms with Crippen molar-refractivity contribution >= 4 is 26.8 Å². The van der Waals surface area contributed by atoms with Crippen LogP contribution in [-0.2, 0) is 14.8 Å². The summed E-state index contributed by atoms with van der Waals surface area (Å²) in [6.07, 6.45) is 6.51. The SMILES string of the molecule is COc1cccc(Oc2ccc(-c3nn([C@@H]4CCCN(C(=O)C5CC6(C5)CN(S(=O)(=O)c5ccc(C)cc5)C6)C4)c4c(OC)cncc34)cc2)c1F. The normalized spacial score (nSPS) is 18.9. The van der Waals surface area contributed by atoms with Gasteiger partial charge < -0.3 is 19.1 Å². The van der Waals surface area contributed by atoms with Crippen molar-refractivity contribution in [2.75, 3.05) is 40.4 Å². The molecule has 0 bridgehead atoms. The number of aryl methyl sites for hydroxylation is 1. The predicted molar refractivity (Wildman–Crippen MR) is 192 cm³/mol. The second kappa shape index (κ2) is 13.2. The van der Waals surface area contributed by atoms with Gasteiger partial charge in [-0.15, -0.1) is 0 Å². The predicted octanol–water partition coefficient (Wildman–Crippen LogP) is 6.62. The summed E-state index contributed by atoms with van der Waals surface area (Å²) in [7, 11) is -0.522. The Hall–Kier alpha value is -5.01. The van der Waals surface area contributed by atoms with Crippen LogP contribution in [0.3, 0.4) is 0 Å². The molecule has 2 aliphatic heterocycles. The van der Waals surface area contributed by atoms with Crippen LogP contribution in [0.4, 0.5) is 4.39 Å². The molecular weight excluding hydrogens is 686 g/mol. The minimum absolute atomic E-state index is 0.0601. The van der Waals surface area contributed by atoms with Crippen molar-refractivity contribution in [2.45, 2.75) is 43.5 Å². The van der Waals surface area contributed by atoms with Gasteiger partial charge in [0.1, 0.15) is 17.0 Å². The molecule has 1 atom stereocenters. The number of sulfonamides is 1. The summed E-state index contributed by atoms with van der Waals surface area (Å²) in [5.41, 5.74) is 3.22. The molecular formula is C39H40FN5O6S. The van der Waals surface area contributed by atoms with Crippen LogP contribution in [0.2, 0.25) is 0 Å². The van der Waals surface area contributed by atoms with E-state index in [1.54, 1.807) is 60.2 Å². The number of nitrogens with zero attached hydrogens (tertiary/aromatic N) is 5. The fourth-order valence-corrected chi connectivity index (χ4v) is 9.65. The van der Waals surface area contributed by atoms with Gasteiger partial charge in [0.2, 0.25) is 21.7 Å². The number of halogens is 1. The van der Waals surface area contributed by atoms with E-state index in [1.807, 2.05) is 40.8 Å². The number of fused-ring (bicyclic) bond motifs is 1. The third-order valence-corrected chi connectivity index (χ3v) is 12.5. The summed E-state index contributed by atoms with van der Waals surface area (Å²) in [6.45, 7) is 4.03. The topological polar surface area (TPSA) is 116 Å². The molecule has 1 spiro atoms. The first-order chi connectivity index (χ1) is 25.1. The maximum atomic E-state index is 14.7. The number of carbonyl (C=O) groups is 1. The first kappa shape index (κ1) is 34.1. The monoisotopic (exact) mass is 725 g/mol. The van der Waals surface area contributed by atoms with Crippen LogP contribution in [0.15, 0.2) is 84.0 Å². The fourth-order valence-electron chi connectivity index (χ4n) is 7.98. The maximum absolute atomic E-state index is 14.7. The minimum atomic E-state index is -3.53. The molecule has 0 unspecified atom stereocenters. The Labute approximate surface area is 302 Å². The Morgan fingerprint density at radius 3 is 2.35 bits per heavy atom. The molecule has 3 aromatic carbocycles. The number of rotatable bonds is 9. The molecule has 8 rings (SSSR count). The van der Waals surface area contributed by atoms with Gasteiger partial charge >= 0.3 is 0 Å². The van der Waals surface area contributed by atoms with Crippen LogP contribution in [0, 0.1) is 24.1 Å². The van der Waals surface area contributed by atoms with Gasteiger partial charge in [0.05, 0.1) is 36.7 Å². The first-order valence-corrected chi connectivity index (χ1v) is 18.9. The Kier molecular flexibility index (Phi) is 8.65. The standard InChI is InChI=1S/C39H40FN5O6S/c1-25-9-15-30(16-10-25)52(47,48)44-23-39(24-44)18-27(19-39)38(46)43-17-5-6-28(22-43)45-37-31(20-41-21-34(37)50-3)36(42-45)26-11-13-29(14-12-26)51-33-8-4-7-32(49-2)35(33)40/h4,7-16,20-21,27-28H,5-6,17-19,22-24H2,1-3H3/t28-/m1/s1. The highest BCUT2D eigenvalue weighted by Crippen LogP contribution is 2.54. The highest BCUT2D eigenvalue weighted by atomic mass is 32.2. The van der Waals surface area contributed by atoms with Crippen molar-refractivity contribution in [1.29, 1.82) is 0 Å². The molecule has 2 saturated heterocycles. The lowest BCUT2D eigenvalue weighted by molar-refractivity contribution is -0.151. The lowest BCUT2D eigenvalue weighted by Gasteiger charge is -2.58. The summed E-state index contributed by atoms with van der Waals surface area (Å²) in [6, 6.07) is 18.9. The average molecular weight is 726 g/mol. The van der Waals surface area contributed by atoms with E-state index in [2.05, 4.69) is 4.98 Å². The number of likely N-dealkylation sites (tertiary alicyclic amines) is 1. The molecule has 1 aliphatic carbocycles. The molecule has 270 valence electrons. The fraction of sp³-hybridized carbons (Fsp3) is 0.359. The van der Waals surface area contributed by atoms with E-state index in [9.17, 15) is 17.6 Å². The first-order valence-electron chi connectivity index (χ1n) is 17.5. The number of hydrogen-bond acceptors (Lipinski definition) is 8. The van der Waals surface area contributed by atoms with E-state index in [0.717, 1.165) is 34.9 Å². The van der Waals surface area contributed by atoms with Crippen molar-refractivity contribution in [1.82, 2.24) is 24.0 Å². The van der Waals surface area contributed by atoms with Crippen LogP contribution in [0.5, 0.6) is 23.0 Å². The zero-order valence-electron chi connectivity index (χ0n) is 29.3. The summed E-state index contributed by atoms with van der Waals surface area (Å²) in [5, 5.41) is 5.91. The van der Waals surface area contributed by atoms with E-state index >= 15 is 0 Å². The highest BCUT2D eigenvalue weighted by molar-refractivity contribution is 7.89. The lowest BCUT2D eigenvalue weighted by atomic mass is 9.58. The molecule has 1 amide bonds. The van der Waals surface area contributed by atoms with Gasteiger partial charge in [-0.05, 0) is 86.6 Å². The van der Waals surface area contributed by atoms with Crippen molar-refractivity contribution < 1.29 is 31.8 Å². The number of ether oxygens (including phenoxy) is 3. The van der Waals surface area contributed by atoms with Crippen molar-refractivity contribution in [2.24, 2.45) is 11.3 Å². The number of amides is 1. The third kappa shape index (κ3) is 5.95. The van der Waals surface area contributed by atoms with Crippen LogP contribution in [0.25, 0.3) is 22.2 Å². The number of aromatic nitrogens is 3. The molecule has 1 saturated carbocycles. The van der Waals surface area contributed by atoms with Gasteiger partial charge in [0.15, 0.2) is 17.2 Å². The molecule has 3 aliphatic rings. The largest absolute Gasteiger partial charge is 0.494 e. The van der Waals surface area contributed by atoms with E-state index in [0.29, 0.717) is 61.1 Å². The van der Waals surface area contributed by atoms with Crippen molar-refractivity contribution in [3.05, 3.63) is 90.5 Å². The van der Waals surface area contributed by atoms with Crippen LogP contribution in [0.1, 0.15) is 37.3 Å². The van der Waals surface area contributed by atoms with Gasteiger partial charge in [0, 0.05) is 43.9 Å². The van der Waals surface area contributed by atoms with Crippen molar-refractivity contribution in [3.8, 4) is 34.3 Å². The van der Waals surface area contributed by atoms with Crippen molar-refractivity contribution in [3.63, 3.8) is 0 Å². The van der Waals surface area contributed by atoms with Gasteiger partial charge in [-0.3, -0.25) is 14.5 Å². The molecule has 2 aromatic heterocycles. The third-order valence-electron chi connectivity index (χ3n) is 10.7. The molecule has 4 heterocycles. The number of carbonyl (C=O) groups excluding carboxylic acids is 1. The molecule has 11 nitrogen and oxygen atoms in total. The zero-order valence-corrected chi connectivity index (χ0v) is 30.1. The number of methoxy groups -OCH3 is 2. The van der Waals surface area contributed by atoms with Crippen LogP contribution < -0.4 is 14.2 Å². The van der Waals surface area contributed by atoms with Gasteiger partial charge in [0.25, 0.3) is 0 Å².